The van der Waals surface area contributed by atoms with Gasteiger partial charge in [-0.25, -0.2) is 0 Å². The third kappa shape index (κ3) is 5.99. The molecule has 0 aliphatic heterocycles. The summed E-state index contributed by atoms with van der Waals surface area (Å²) in [5.74, 6) is -3.01. The Morgan fingerprint density at radius 3 is 2.24 bits per heavy atom. The fourth-order valence-electron chi connectivity index (χ4n) is 0.646. The van der Waals surface area contributed by atoms with Crippen LogP contribution in [0.25, 0.3) is 4.98 Å². The van der Waals surface area contributed by atoms with E-state index in [2.05, 4.69) is 10.3 Å². The summed E-state index contributed by atoms with van der Waals surface area (Å²) >= 11 is 0. The van der Waals surface area contributed by atoms with Gasteiger partial charge in [0, 0.05) is 26.2 Å². The number of benzene rings is 1. The fourth-order valence-corrected chi connectivity index (χ4v) is 0.646. The summed E-state index contributed by atoms with van der Waals surface area (Å²) in [5, 5.41) is 19.9. The zero-order chi connectivity index (χ0) is 14.2. The van der Waals surface area contributed by atoms with Gasteiger partial charge >= 0.3 is 11.9 Å². The molecule has 0 saturated heterocycles. The lowest BCUT2D eigenvalue weighted by Gasteiger charge is -2.03. The Morgan fingerprint density at radius 1 is 1.47 bits per heavy atom. The van der Waals surface area contributed by atoms with Crippen LogP contribution in [0.15, 0.2) is 24.3 Å². The number of hydrogen-bond acceptors (Lipinski definition) is 4. The first-order chi connectivity index (χ1) is 8.31. The number of rotatable bonds is 1. The summed E-state index contributed by atoms with van der Waals surface area (Å²) in [4.78, 5) is 11.8. The number of diazo groups is 1. The molecule has 1 aromatic rings. The lowest BCUT2D eigenvalue weighted by atomic mass is 10.3. The maximum absolute atomic E-state index is 10.5. The average Bonchev–Trinajstić information content (AvgIpc) is 2.30. The van der Waals surface area contributed by atoms with Crippen molar-refractivity contribution in [3.8, 4) is 0 Å². The fraction of sp³-hybridized carbons (Fsp3) is 0.222. The Bertz CT molecular complexity index is 428. The van der Waals surface area contributed by atoms with Gasteiger partial charge in [-0.2, -0.15) is 13.2 Å². The molecule has 0 aromatic heterocycles. The molecule has 5 nitrogen and oxygen atoms in total. The summed E-state index contributed by atoms with van der Waals surface area (Å²) in [6, 6.07) is 6.84. The van der Waals surface area contributed by atoms with E-state index in [1.807, 2.05) is 0 Å². The van der Waals surface area contributed by atoms with E-state index in [1.54, 1.807) is 24.3 Å². The van der Waals surface area contributed by atoms with Gasteiger partial charge in [0.05, 0.1) is 0 Å². The number of hydrogen-bond donors (Lipinski definition) is 1. The second-order valence-corrected chi connectivity index (χ2v) is 2.61. The number of halogens is 3. The molecule has 0 bridgehead atoms. The molecule has 0 atom stereocenters. The van der Waals surface area contributed by atoms with Crippen LogP contribution in [-0.2, 0) is 4.79 Å². The van der Waals surface area contributed by atoms with Gasteiger partial charge in [0.2, 0.25) is 5.39 Å². The molecule has 0 aliphatic rings. The molecule has 1 rings (SSSR count). The molecule has 1 N–H and O–H groups in total. The largest absolute Gasteiger partial charge is 0.542 e. The first-order valence-corrected chi connectivity index (χ1v) is 4.07. The van der Waals surface area contributed by atoms with Crippen LogP contribution in [0.5, 0.6) is 0 Å². The predicted octanol–water partition coefficient (Wildman–Crippen LogP) is 1.51. The van der Waals surface area contributed by atoms with Gasteiger partial charge in [-0.1, -0.05) is 0 Å². The van der Waals surface area contributed by atoms with Gasteiger partial charge in [0.25, 0.3) is 0 Å². The highest BCUT2D eigenvalue weighted by Gasteiger charge is 2.28. The molecule has 0 aliphatic carbocycles. The number of nitrogens with zero attached hydrogens (tertiary/aromatic N) is 2. The van der Waals surface area contributed by atoms with E-state index in [-0.39, 0.29) is 7.02 Å². The number of anilines is 1. The minimum atomic E-state index is -5.19. The summed E-state index contributed by atoms with van der Waals surface area (Å²) in [5.41, 5.74) is 1.37. The van der Waals surface area contributed by atoms with Crippen molar-refractivity contribution in [1.29, 1.82) is 5.39 Å². The van der Waals surface area contributed by atoms with Gasteiger partial charge in [0.15, 0.2) is 4.98 Å². The number of nitrogens with one attached hydrogen (secondary N) is 1. The van der Waals surface area contributed by atoms with Crippen LogP contribution in [0.1, 0.15) is 1.37 Å². The van der Waals surface area contributed by atoms with Crippen LogP contribution in [0, 0.1) is 5.39 Å². The Balaban J connectivity index is 0.000000360. The Labute approximate surface area is 95.9 Å². The SMILES string of the molecule is O=C([O-])C(F)(F)F.[3H]CNc1ccc([N+]#N)cc1. The van der Waals surface area contributed by atoms with E-state index < -0.39 is 12.1 Å². The predicted molar refractivity (Wildman–Crippen MR) is 51.8 cm³/mol. The summed E-state index contributed by atoms with van der Waals surface area (Å²) in [6.45, 7) is 0. The second-order valence-electron chi connectivity index (χ2n) is 2.61. The van der Waals surface area contributed by atoms with E-state index in [1.165, 1.54) is 0 Å². The molecule has 8 heteroatoms. The number of aliphatic carboxylic acids is 1. The van der Waals surface area contributed by atoms with Gasteiger partial charge in [-0.3, -0.25) is 0 Å². The van der Waals surface area contributed by atoms with Crippen molar-refractivity contribution in [2.75, 3.05) is 12.3 Å². The zero-order valence-electron chi connectivity index (χ0n) is 9.36. The highest BCUT2D eigenvalue weighted by atomic mass is 19.4. The molecule has 17 heavy (non-hydrogen) atoms. The molecule has 0 radical (unpaired) electrons. The standard InChI is InChI=1S/C7H8N3.C2HF3O2/c1-9-6-2-4-7(10-8)5-3-6;3-2(4,5)1(6)7/h2-5,9H,1H3;(H,6,7)/q+1;/p-1/i1T;. The minimum absolute atomic E-state index is 0.148. The van der Waals surface area contributed by atoms with Crippen molar-refractivity contribution in [2.24, 2.45) is 0 Å². The van der Waals surface area contributed by atoms with Crippen LogP contribution in [0.4, 0.5) is 24.5 Å². The third-order valence-electron chi connectivity index (χ3n) is 1.42. The van der Waals surface area contributed by atoms with Crippen LogP contribution >= 0.6 is 0 Å². The van der Waals surface area contributed by atoms with Gasteiger partial charge in [-0.15, -0.1) is 0 Å². The lowest BCUT2D eigenvalue weighted by molar-refractivity contribution is -0.344. The monoisotopic (exact) mass is 249 g/mol. The molecule has 0 saturated carbocycles. The molecule has 0 spiro atoms. The number of carboxylic acid groups (broad SMARTS) is 1. The zero-order valence-corrected chi connectivity index (χ0v) is 8.36. The second kappa shape index (κ2) is 6.32. The Kier molecular flexibility index (Phi) is 4.75. The maximum atomic E-state index is 10.5. The van der Waals surface area contributed by atoms with Crippen LogP contribution in [0.2, 0.25) is 0 Å². The summed E-state index contributed by atoms with van der Waals surface area (Å²) in [6.07, 6.45) is -5.19. The molecular weight excluding hydrogens is 239 g/mol. The molecule has 1 aromatic carbocycles. The molecular formula is C9H8F3N3O2. The maximum Gasteiger partial charge on any atom is 0.430 e. The normalized spacial score (nSPS) is 10.4. The smallest absolute Gasteiger partial charge is 0.430 e. The van der Waals surface area contributed by atoms with E-state index in [0.29, 0.717) is 5.69 Å². The summed E-state index contributed by atoms with van der Waals surface area (Å²) < 4.78 is 38.4. The lowest BCUT2D eigenvalue weighted by Crippen LogP contribution is -2.37. The van der Waals surface area contributed by atoms with Crippen molar-refractivity contribution in [3.63, 3.8) is 0 Å². The van der Waals surface area contributed by atoms with Crippen molar-refractivity contribution < 1.29 is 24.4 Å². The van der Waals surface area contributed by atoms with E-state index in [4.69, 9.17) is 16.7 Å². The van der Waals surface area contributed by atoms with Gasteiger partial charge < -0.3 is 15.2 Å². The van der Waals surface area contributed by atoms with Crippen molar-refractivity contribution >= 4 is 17.3 Å². The molecule has 0 amide bonds. The first kappa shape index (κ1) is 12.8. The van der Waals surface area contributed by atoms with Gasteiger partial charge in [-0.05, 0) is 12.1 Å². The highest BCUT2D eigenvalue weighted by molar-refractivity contribution is 5.70. The van der Waals surface area contributed by atoms with Crippen molar-refractivity contribution in [3.05, 3.63) is 29.2 Å². The van der Waals surface area contributed by atoms with Gasteiger partial charge in [0.1, 0.15) is 5.97 Å². The van der Waals surface area contributed by atoms with Crippen LogP contribution in [0.3, 0.4) is 0 Å². The molecule has 0 unspecified atom stereocenters. The minimum Gasteiger partial charge on any atom is -0.542 e. The topological polar surface area (TPSA) is 80.3 Å². The van der Waals surface area contributed by atoms with Crippen molar-refractivity contribution in [1.82, 2.24) is 0 Å². The van der Waals surface area contributed by atoms with Crippen LogP contribution < -0.4 is 10.4 Å². The number of alkyl halides is 3. The van der Waals surface area contributed by atoms with Crippen molar-refractivity contribution in [2.45, 2.75) is 6.18 Å². The number of carbonyl (C=O) groups is 1. The number of carbonyl (C=O) groups excluding carboxylic acids is 1. The third-order valence-corrected chi connectivity index (χ3v) is 1.42. The summed E-state index contributed by atoms with van der Waals surface area (Å²) in [7, 11) is 0.148. The number of carboxylic acids is 1. The van der Waals surface area contributed by atoms with Crippen LogP contribution in [-0.4, -0.2) is 19.2 Å². The highest BCUT2D eigenvalue weighted by Crippen LogP contribution is 2.14. The Morgan fingerprint density at radius 2 is 1.94 bits per heavy atom. The Hall–Kier alpha value is -2.30. The van der Waals surface area contributed by atoms with E-state index in [0.717, 1.165) is 5.69 Å². The molecule has 92 valence electrons. The molecule has 0 heterocycles. The quantitative estimate of drug-likeness (QED) is 0.765. The average molecular weight is 249 g/mol. The van der Waals surface area contributed by atoms with E-state index in [9.17, 15) is 13.2 Å². The first-order valence-electron chi connectivity index (χ1n) is 4.78. The molecule has 0 fully saturated rings. The van der Waals surface area contributed by atoms with E-state index >= 15 is 0 Å².